The number of H-pyrrole nitrogens is 1. The molecular formula is C35H52N2O4. The molecule has 0 spiro atoms. The maximum absolute atomic E-state index is 12.9. The highest BCUT2D eigenvalue weighted by atomic mass is 16.6. The summed E-state index contributed by atoms with van der Waals surface area (Å²) in [7, 11) is 0. The zero-order valence-corrected chi connectivity index (χ0v) is 26.5. The summed E-state index contributed by atoms with van der Waals surface area (Å²) in [6.07, 6.45) is 10.6. The molecule has 1 heterocycles. The molecule has 0 saturated carbocycles. The van der Waals surface area contributed by atoms with Crippen LogP contribution in [0.3, 0.4) is 0 Å². The average molecular weight is 565 g/mol. The van der Waals surface area contributed by atoms with Gasteiger partial charge in [-0.15, -0.1) is 0 Å². The van der Waals surface area contributed by atoms with Crippen molar-refractivity contribution in [1.82, 2.24) is 10.3 Å². The van der Waals surface area contributed by atoms with Crippen LogP contribution < -0.4 is 5.32 Å². The van der Waals surface area contributed by atoms with E-state index in [0.29, 0.717) is 6.42 Å². The highest BCUT2D eigenvalue weighted by Gasteiger charge is 2.25. The summed E-state index contributed by atoms with van der Waals surface area (Å²) in [5.74, 6) is -0.484. The molecule has 226 valence electrons. The lowest BCUT2D eigenvalue weighted by atomic mass is 10.0. The zero-order valence-electron chi connectivity index (χ0n) is 26.5. The topological polar surface area (TPSA) is 80.4 Å². The first-order valence-electron chi connectivity index (χ1n) is 15.1. The molecule has 0 aliphatic heterocycles. The molecule has 1 unspecified atom stereocenters. The Bertz CT molecular complexity index is 1150. The van der Waals surface area contributed by atoms with E-state index in [1.165, 1.54) is 6.42 Å². The average Bonchev–Trinajstić information content (AvgIpc) is 3.45. The third-order valence-corrected chi connectivity index (χ3v) is 5.39. The number of para-hydroxylation sites is 1. The number of fused-ring (bicyclic) bond motifs is 1. The van der Waals surface area contributed by atoms with E-state index in [2.05, 4.69) is 30.2 Å². The van der Waals surface area contributed by atoms with Crippen LogP contribution in [0.15, 0.2) is 84.6 Å². The summed E-state index contributed by atoms with van der Waals surface area (Å²) < 4.78 is 10.9. The van der Waals surface area contributed by atoms with Crippen LogP contribution in [0.25, 0.3) is 10.9 Å². The number of rotatable bonds is 8. The quantitative estimate of drug-likeness (QED) is 0.267. The second kappa shape index (κ2) is 24.0. The van der Waals surface area contributed by atoms with Crippen molar-refractivity contribution < 1.29 is 19.1 Å². The van der Waals surface area contributed by atoms with Crippen molar-refractivity contribution >= 4 is 23.0 Å². The SMILES string of the molecule is CC.CC.CC.CCC.O=C(NC(Cc1c[nH]c2ccccc12)C(=O)OCC1=CC=CCC1)OCc1ccccc1. The largest absolute Gasteiger partial charge is 0.460 e. The second-order valence-electron chi connectivity index (χ2n) is 8.43. The highest BCUT2D eigenvalue weighted by Crippen LogP contribution is 2.20. The van der Waals surface area contributed by atoms with Crippen molar-refractivity contribution in [2.75, 3.05) is 6.61 Å². The zero-order chi connectivity index (χ0) is 30.9. The fourth-order valence-corrected chi connectivity index (χ4v) is 3.66. The van der Waals surface area contributed by atoms with Gasteiger partial charge in [0.25, 0.3) is 0 Å². The van der Waals surface area contributed by atoms with Crippen LogP contribution in [0.1, 0.15) is 85.8 Å². The van der Waals surface area contributed by atoms with Gasteiger partial charge in [0.2, 0.25) is 0 Å². The molecule has 1 amide bonds. The lowest BCUT2D eigenvalue weighted by Crippen LogP contribution is -2.43. The Morgan fingerprint density at radius 2 is 1.51 bits per heavy atom. The number of hydrogen-bond acceptors (Lipinski definition) is 4. The predicted octanol–water partition coefficient (Wildman–Crippen LogP) is 9.32. The van der Waals surface area contributed by atoms with Crippen molar-refractivity contribution in [2.45, 2.75) is 93.7 Å². The van der Waals surface area contributed by atoms with E-state index >= 15 is 0 Å². The Hall–Kier alpha value is -3.80. The number of aromatic nitrogens is 1. The van der Waals surface area contributed by atoms with E-state index in [9.17, 15) is 9.59 Å². The standard InChI is InChI=1S/C26H26N2O4.C3H8.3C2H6/c29-25(31-17-19-9-3-1-4-10-19)24(15-21-16-27-23-14-8-7-13-22(21)23)28-26(30)32-18-20-11-5-2-6-12-20;1-3-2;3*1-2/h1-3,5-9,11-14,16,24,27H,4,10,15,17-18H2,(H,28,30);3H2,1-2H3;3*1-2H3. The summed E-state index contributed by atoms with van der Waals surface area (Å²) in [6, 6.07) is 16.4. The van der Waals surface area contributed by atoms with E-state index in [1.807, 2.05) is 114 Å². The van der Waals surface area contributed by atoms with Gasteiger partial charge in [-0.3, -0.25) is 0 Å². The van der Waals surface area contributed by atoms with E-state index in [0.717, 1.165) is 40.4 Å². The summed E-state index contributed by atoms with van der Waals surface area (Å²) in [5.41, 5.74) is 3.82. The van der Waals surface area contributed by atoms with Crippen molar-refractivity contribution in [3.8, 4) is 0 Å². The van der Waals surface area contributed by atoms with Gasteiger partial charge in [-0.05, 0) is 35.6 Å². The number of ether oxygens (including phenoxy) is 2. The molecule has 6 heteroatoms. The number of alkyl carbamates (subject to hydrolysis) is 1. The normalized spacial score (nSPS) is 11.8. The Morgan fingerprint density at radius 1 is 0.878 bits per heavy atom. The van der Waals surface area contributed by atoms with Crippen LogP contribution in [-0.4, -0.2) is 29.7 Å². The molecule has 1 aromatic heterocycles. The fraction of sp³-hybridized carbons (Fsp3) is 0.429. The molecule has 2 N–H and O–H groups in total. The number of esters is 1. The summed E-state index contributed by atoms with van der Waals surface area (Å²) in [4.78, 5) is 28.6. The minimum atomic E-state index is -0.864. The van der Waals surface area contributed by atoms with Gasteiger partial charge in [-0.25, -0.2) is 9.59 Å². The molecule has 1 aliphatic carbocycles. The van der Waals surface area contributed by atoms with Crippen molar-refractivity contribution in [3.05, 3.63) is 95.7 Å². The maximum Gasteiger partial charge on any atom is 0.408 e. The van der Waals surface area contributed by atoms with Gasteiger partial charge in [0, 0.05) is 23.5 Å². The first-order valence-corrected chi connectivity index (χ1v) is 15.1. The molecule has 1 atom stereocenters. The van der Waals surface area contributed by atoms with Crippen LogP contribution in [0.4, 0.5) is 4.79 Å². The van der Waals surface area contributed by atoms with Gasteiger partial charge in [0.15, 0.2) is 0 Å². The van der Waals surface area contributed by atoms with Crippen LogP contribution in [0.2, 0.25) is 0 Å². The van der Waals surface area contributed by atoms with E-state index < -0.39 is 18.1 Å². The van der Waals surface area contributed by atoms with Gasteiger partial charge in [0.1, 0.15) is 19.3 Å². The first-order chi connectivity index (χ1) is 20.1. The third-order valence-electron chi connectivity index (χ3n) is 5.39. The number of amides is 1. The lowest BCUT2D eigenvalue weighted by molar-refractivity contribution is -0.145. The number of allylic oxidation sites excluding steroid dienone is 3. The number of benzene rings is 2. The number of hydrogen-bond donors (Lipinski definition) is 2. The molecule has 6 nitrogen and oxygen atoms in total. The van der Waals surface area contributed by atoms with E-state index in [4.69, 9.17) is 9.47 Å². The molecule has 0 bridgehead atoms. The fourth-order valence-electron chi connectivity index (χ4n) is 3.66. The van der Waals surface area contributed by atoms with Crippen molar-refractivity contribution in [2.24, 2.45) is 0 Å². The van der Waals surface area contributed by atoms with Gasteiger partial charge in [0.05, 0.1) is 0 Å². The van der Waals surface area contributed by atoms with Crippen LogP contribution in [-0.2, 0) is 27.3 Å². The molecule has 0 fully saturated rings. The lowest BCUT2D eigenvalue weighted by Gasteiger charge is -2.18. The van der Waals surface area contributed by atoms with Crippen molar-refractivity contribution in [3.63, 3.8) is 0 Å². The number of aromatic amines is 1. The Labute approximate surface area is 248 Å². The predicted molar refractivity (Wildman–Crippen MR) is 173 cm³/mol. The third kappa shape index (κ3) is 14.4. The van der Waals surface area contributed by atoms with Crippen LogP contribution >= 0.6 is 0 Å². The van der Waals surface area contributed by atoms with Gasteiger partial charge in [-0.1, -0.05) is 129 Å². The van der Waals surface area contributed by atoms with Gasteiger partial charge < -0.3 is 19.8 Å². The molecule has 0 saturated heterocycles. The number of nitrogens with one attached hydrogen (secondary N) is 2. The Balaban J connectivity index is 0.00000161. The highest BCUT2D eigenvalue weighted by molar-refractivity contribution is 5.86. The van der Waals surface area contributed by atoms with E-state index in [1.54, 1.807) is 0 Å². The molecule has 41 heavy (non-hydrogen) atoms. The van der Waals surface area contributed by atoms with Crippen molar-refractivity contribution in [1.29, 1.82) is 0 Å². The second-order valence-corrected chi connectivity index (χ2v) is 8.43. The molecule has 3 aromatic rings. The minimum absolute atomic E-state index is 0.126. The number of carbonyl (C=O) groups excluding carboxylic acids is 2. The molecule has 1 aliphatic rings. The summed E-state index contributed by atoms with van der Waals surface area (Å²) in [6.45, 7) is 16.6. The Morgan fingerprint density at radius 3 is 2.15 bits per heavy atom. The molecule has 0 radical (unpaired) electrons. The van der Waals surface area contributed by atoms with Crippen LogP contribution in [0, 0.1) is 0 Å². The first kappa shape index (κ1) is 37.2. The monoisotopic (exact) mass is 564 g/mol. The molecular weight excluding hydrogens is 512 g/mol. The molecule has 2 aromatic carbocycles. The van der Waals surface area contributed by atoms with Crippen LogP contribution in [0.5, 0.6) is 0 Å². The van der Waals surface area contributed by atoms with Gasteiger partial charge >= 0.3 is 12.1 Å². The minimum Gasteiger partial charge on any atom is -0.460 e. The van der Waals surface area contributed by atoms with Gasteiger partial charge in [-0.2, -0.15) is 0 Å². The maximum atomic E-state index is 12.9. The smallest absolute Gasteiger partial charge is 0.408 e. The summed E-state index contributed by atoms with van der Waals surface area (Å²) >= 11 is 0. The van der Waals surface area contributed by atoms with E-state index in [-0.39, 0.29) is 13.2 Å². The summed E-state index contributed by atoms with van der Waals surface area (Å²) in [5, 5.41) is 3.70. The Kier molecular flexibility index (Phi) is 21.8. The number of carbonyl (C=O) groups is 2. The molecule has 4 rings (SSSR count).